The van der Waals surface area contributed by atoms with Gasteiger partial charge in [0.2, 0.25) is 0 Å². The minimum absolute atomic E-state index is 0.232. The predicted octanol–water partition coefficient (Wildman–Crippen LogP) is 2.43. The molecule has 0 aliphatic rings. The number of hydrogen-bond acceptors (Lipinski definition) is 4. The van der Waals surface area contributed by atoms with Crippen molar-refractivity contribution in [3.63, 3.8) is 0 Å². The Morgan fingerprint density at radius 3 is 2.50 bits per heavy atom. The summed E-state index contributed by atoms with van der Waals surface area (Å²) in [5.41, 5.74) is 0.813. The van der Waals surface area contributed by atoms with Crippen molar-refractivity contribution in [1.82, 2.24) is 10.3 Å². The molecule has 1 aromatic heterocycles. The van der Waals surface area contributed by atoms with E-state index in [1.807, 2.05) is 6.92 Å². The normalized spacial score (nSPS) is 12.6. The lowest BCUT2D eigenvalue weighted by atomic mass is 10.1. The SMILES string of the molecule is Cc1ccc([C@H](CC(=O)O)NC(=O)OC(C)(C)C)cn1. The Morgan fingerprint density at radius 1 is 1.40 bits per heavy atom. The summed E-state index contributed by atoms with van der Waals surface area (Å²) >= 11 is 0. The molecule has 0 unspecified atom stereocenters. The second kappa shape index (κ2) is 6.36. The molecular weight excluding hydrogens is 260 g/mol. The first-order valence-corrected chi connectivity index (χ1v) is 6.31. The summed E-state index contributed by atoms with van der Waals surface area (Å²) in [6.45, 7) is 7.06. The third-order valence-electron chi connectivity index (χ3n) is 2.41. The lowest BCUT2D eigenvalue weighted by Crippen LogP contribution is -2.35. The standard InChI is InChI=1S/C14H20N2O4/c1-9-5-6-10(8-15-9)11(7-12(17)18)16-13(19)20-14(2,3)4/h5-6,8,11H,7H2,1-4H3,(H,16,19)(H,17,18)/t11-/m0/s1. The van der Waals surface area contributed by atoms with Crippen LogP contribution < -0.4 is 5.32 Å². The van der Waals surface area contributed by atoms with Crippen LogP contribution in [-0.2, 0) is 9.53 Å². The number of carboxylic acid groups (broad SMARTS) is 1. The number of aliphatic carboxylic acids is 1. The Bertz CT molecular complexity index is 477. The number of carboxylic acids is 1. The van der Waals surface area contributed by atoms with E-state index in [1.54, 1.807) is 39.1 Å². The van der Waals surface area contributed by atoms with E-state index in [-0.39, 0.29) is 6.42 Å². The Hall–Kier alpha value is -2.11. The topological polar surface area (TPSA) is 88.5 Å². The molecule has 0 aliphatic heterocycles. The molecule has 1 rings (SSSR count). The molecule has 0 bridgehead atoms. The van der Waals surface area contributed by atoms with Gasteiger partial charge in [-0.15, -0.1) is 0 Å². The second-order valence-corrected chi connectivity index (χ2v) is 5.53. The van der Waals surface area contributed by atoms with E-state index in [0.717, 1.165) is 5.69 Å². The van der Waals surface area contributed by atoms with Crippen LogP contribution in [0.15, 0.2) is 18.3 Å². The van der Waals surface area contributed by atoms with Gasteiger partial charge in [-0.25, -0.2) is 4.79 Å². The van der Waals surface area contributed by atoms with E-state index in [9.17, 15) is 9.59 Å². The Balaban J connectivity index is 2.82. The molecule has 1 amide bonds. The molecule has 110 valence electrons. The van der Waals surface area contributed by atoms with Gasteiger partial charge in [-0.05, 0) is 39.3 Å². The molecule has 20 heavy (non-hydrogen) atoms. The minimum Gasteiger partial charge on any atom is -0.481 e. The van der Waals surface area contributed by atoms with Crippen LogP contribution in [0.5, 0.6) is 0 Å². The largest absolute Gasteiger partial charge is 0.481 e. The summed E-state index contributed by atoms with van der Waals surface area (Å²) in [5, 5.41) is 11.5. The van der Waals surface area contributed by atoms with Crippen molar-refractivity contribution in [2.24, 2.45) is 0 Å². The van der Waals surface area contributed by atoms with Crippen molar-refractivity contribution in [1.29, 1.82) is 0 Å². The molecule has 6 nitrogen and oxygen atoms in total. The van der Waals surface area contributed by atoms with Gasteiger partial charge >= 0.3 is 12.1 Å². The average Bonchev–Trinajstić information content (AvgIpc) is 2.25. The smallest absolute Gasteiger partial charge is 0.408 e. The van der Waals surface area contributed by atoms with E-state index < -0.39 is 23.7 Å². The van der Waals surface area contributed by atoms with Gasteiger partial charge in [0, 0.05) is 11.9 Å². The van der Waals surface area contributed by atoms with Crippen LogP contribution in [-0.4, -0.2) is 27.8 Å². The maximum absolute atomic E-state index is 11.7. The van der Waals surface area contributed by atoms with Crippen LogP contribution in [0.1, 0.15) is 44.5 Å². The number of nitrogens with zero attached hydrogens (tertiary/aromatic N) is 1. The number of alkyl carbamates (subject to hydrolysis) is 1. The highest BCUT2D eigenvalue weighted by molar-refractivity contribution is 5.72. The number of carbonyl (C=O) groups excluding carboxylic acids is 1. The number of pyridine rings is 1. The quantitative estimate of drug-likeness (QED) is 0.884. The molecular formula is C14H20N2O4. The molecule has 1 heterocycles. The number of hydrogen-bond donors (Lipinski definition) is 2. The van der Waals surface area contributed by atoms with Gasteiger partial charge in [-0.3, -0.25) is 9.78 Å². The fourth-order valence-corrected chi connectivity index (χ4v) is 1.56. The average molecular weight is 280 g/mol. The molecule has 0 fully saturated rings. The summed E-state index contributed by atoms with van der Waals surface area (Å²) in [6.07, 6.45) is 0.675. The Kier molecular flexibility index (Phi) is 5.07. The number of ether oxygens (including phenoxy) is 1. The third kappa shape index (κ3) is 5.69. The highest BCUT2D eigenvalue weighted by Crippen LogP contribution is 2.17. The highest BCUT2D eigenvalue weighted by atomic mass is 16.6. The van der Waals surface area contributed by atoms with Gasteiger partial charge in [0.25, 0.3) is 0 Å². The lowest BCUT2D eigenvalue weighted by Gasteiger charge is -2.23. The van der Waals surface area contributed by atoms with Crippen molar-refractivity contribution in [3.8, 4) is 0 Å². The number of rotatable bonds is 4. The van der Waals surface area contributed by atoms with Crippen molar-refractivity contribution in [2.75, 3.05) is 0 Å². The van der Waals surface area contributed by atoms with Gasteiger partial charge in [0.15, 0.2) is 0 Å². The van der Waals surface area contributed by atoms with E-state index in [4.69, 9.17) is 9.84 Å². The lowest BCUT2D eigenvalue weighted by molar-refractivity contribution is -0.137. The van der Waals surface area contributed by atoms with Gasteiger partial charge in [0.1, 0.15) is 5.60 Å². The summed E-state index contributed by atoms with van der Waals surface area (Å²) < 4.78 is 5.13. The molecule has 0 aromatic carbocycles. The monoisotopic (exact) mass is 280 g/mol. The zero-order valence-corrected chi connectivity index (χ0v) is 12.1. The number of nitrogens with one attached hydrogen (secondary N) is 1. The number of aryl methyl sites for hydroxylation is 1. The van der Waals surface area contributed by atoms with Crippen LogP contribution in [0, 0.1) is 6.92 Å². The Labute approximate surface area is 118 Å². The first kappa shape index (κ1) is 15.9. The van der Waals surface area contributed by atoms with Crippen molar-refractivity contribution < 1.29 is 19.4 Å². The fraction of sp³-hybridized carbons (Fsp3) is 0.500. The van der Waals surface area contributed by atoms with Crippen molar-refractivity contribution in [3.05, 3.63) is 29.6 Å². The van der Waals surface area contributed by atoms with Crippen LogP contribution in [0.3, 0.4) is 0 Å². The summed E-state index contributed by atoms with van der Waals surface area (Å²) in [7, 11) is 0. The summed E-state index contributed by atoms with van der Waals surface area (Å²) in [6, 6.07) is 2.84. The van der Waals surface area contributed by atoms with Crippen LogP contribution in [0.4, 0.5) is 4.79 Å². The zero-order chi connectivity index (χ0) is 15.3. The molecule has 0 spiro atoms. The van der Waals surface area contributed by atoms with E-state index >= 15 is 0 Å². The highest BCUT2D eigenvalue weighted by Gasteiger charge is 2.22. The maximum atomic E-state index is 11.7. The number of aromatic nitrogens is 1. The molecule has 1 aromatic rings. The minimum atomic E-state index is -1.01. The maximum Gasteiger partial charge on any atom is 0.408 e. The van der Waals surface area contributed by atoms with Gasteiger partial charge in [-0.1, -0.05) is 6.07 Å². The fourth-order valence-electron chi connectivity index (χ4n) is 1.56. The molecule has 0 saturated heterocycles. The molecule has 0 saturated carbocycles. The first-order chi connectivity index (χ1) is 9.17. The molecule has 2 N–H and O–H groups in total. The number of amides is 1. The Morgan fingerprint density at radius 2 is 2.05 bits per heavy atom. The van der Waals surface area contributed by atoms with E-state index in [0.29, 0.717) is 5.56 Å². The molecule has 0 aliphatic carbocycles. The van der Waals surface area contributed by atoms with Gasteiger partial charge < -0.3 is 15.2 Å². The van der Waals surface area contributed by atoms with Crippen LogP contribution >= 0.6 is 0 Å². The van der Waals surface area contributed by atoms with Crippen molar-refractivity contribution in [2.45, 2.75) is 45.8 Å². The second-order valence-electron chi connectivity index (χ2n) is 5.53. The first-order valence-electron chi connectivity index (χ1n) is 6.31. The molecule has 1 atom stereocenters. The third-order valence-corrected chi connectivity index (χ3v) is 2.41. The van der Waals surface area contributed by atoms with Gasteiger partial charge in [0.05, 0.1) is 12.5 Å². The van der Waals surface area contributed by atoms with Crippen molar-refractivity contribution >= 4 is 12.1 Å². The molecule has 6 heteroatoms. The predicted molar refractivity (Wildman–Crippen MR) is 73.3 cm³/mol. The number of carbonyl (C=O) groups is 2. The summed E-state index contributed by atoms with van der Waals surface area (Å²) in [4.78, 5) is 26.8. The van der Waals surface area contributed by atoms with Gasteiger partial charge in [-0.2, -0.15) is 0 Å². The zero-order valence-electron chi connectivity index (χ0n) is 12.1. The molecule has 0 radical (unpaired) electrons. The summed E-state index contributed by atoms with van der Waals surface area (Å²) in [5.74, 6) is -1.01. The van der Waals surface area contributed by atoms with Crippen LogP contribution in [0.2, 0.25) is 0 Å². The van der Waals surface area contributed by atoms with E-state index in [2.05, 4.69) is 10.3 Å². The van der Waals surface area contributed by atoms with E-state index in [1.165, 1.54) is 0 Å². The van der Waals surface area contributed by atoms with Crippen LogP contribution in [0.25, 0.3) is 0 Å².